The van der Waals surface area contributed by atoms with E-state index in [0.29, 0.717) is 5.56 Å². The highest BCUT2D eigenvalue weighted by Crippen LogP contribution is 2.27. The van der Waals surface area contributed by atoms with E-state index in [0.717, 1.165) is 10.5 Å². The predicted octanol–water partition coefficient (Wildman–Crippen LogP) is 4.27. The van der Waals surface area contributed by atoms with Crippen molar-refractivity contribution in [2.75, 3.05) is 0 Å². The van der Waals surface area contributed by atoms with Crippen LogP contribution in [-0.2, 0) is 0 Å². The van der Waals surface area contributed by atoms with Crippen molar-refractivity contribution in [2.45, 2.75) is 24.0 Å². The number of ketones is 1. The standard InChI is InChI=1S/C16H15NO3S/c1-11-3-5-13(6-4-11)16(18)12(2)21-15-9-7-14(8-10-15)17(19)20/h3-10,12H,1-2H3. The zero-order chi connectivity index (χ0) is 15.4. The number of non-ortho nitro benzene ring substituents is 1. The molecule has 0 amide bonds. The van der Waals surface area contributed by atoms with Crippen LogP contribution < -0.4 is 0 Å². The largest absolute Gasteiger partial charge is 0.293 e. The van der Waals surface area contributed by atoms with Crippen LogP contribution in [0.15, 0.2) is 53.4 Å². The summed E-state index contributed by atoms with van der Waals surface area (Å²) in [6.07, 6.45) is 0. The fourth-order valence-corrected chi connectivity index (χ4v) is 2.80. The van der Waals surface area contributed by atoms with E-state index in [-0.39, 0.29) is 16.7 Å². The van der Waals surface area contributed by atoms with Gasteiger partial charge >= 0.3 is 0 Å². The Hall–Kier alpha value is -2.14. The van der Waals surface area contributed by atoms with Crippen molar-refractivity contribution in [1.29, 1.82) is 0 Å². The lowest BCUT2D eigenvalue weighted by Crippen LogP contribution is -2.13. The van der Waals surface area contributed by atoms with Crippen LogP contribution in [0, 0.1) is 17.0 Å². The van der Waals surface area contributed by atoms with Gasteiger partial charge in [0.15, 0.2) is 5.78 Å². The van der Waals surface area contributed by atoms with Crippen molar-refractivity contribution in [3.63, 3.8) is 0 Å². The Balaban J connectivity index is 2.06. The number of Topliss-reactive ketones (excluding diaryl/α,β-unsaturated/α-hetero) is 1. The van der Waals surface area contributed by atoms with Crippen molar-refractivity contribution in [1.82, 2.24) is 0 Å². The van der Waals surface area contributed by atoms with Gasteiger partial charge in [-0.25, -0.2) is 0 Å². The Bertz CT molecular complexity index is 650. The van der Waals surface area contributed by atoms with Gasteiger partial charge in [0.25, 0.3) is 5.69 Å². The number of aryl methyl sites for hydroxylation is 1. The minimum Gasteiger partial charge on any atom is -0.293 e. The third-order valence-electron chi connectivity index (χ3n) is 3.07. The lowest BCUT2D eigenvalue weighted by Gasteiger charge is -2.10. The van der Waals surface area contributed by atoms with Gasteiger partial charge in [-0.1, -0.05) is 29.8 Å². The van der Waals surface area contributed by atoms with Gasteiger partial charge < -0.3 is 0 Å². The summed E-state index contributed by atoms with van der Waals surface area (Å²) in [4.78, 5) is 23.3. The second-order valence-corrected chi connectivity index (χ2v) is 6.16. The van der Waals surface area contributed by atoms with Crippen LogP contribution in [0.1, 0.15) is 22.8 Å². The molecule has 0 saturated carbocycles. The van der Waals surface area contributed by atoms with Gasteiger partial charge in [-0.3, -0.25) is 14.9 Å². The first-order chi connectivity index (χ1) is 9.97. The lowest BCUT2D eigenvalue weighted by molar-refractivity contribution is -0.384. The van der Waals surface area contributed by atoms with E-state index in [4.69, 9.17) is 0 Å². The van der Waals surface area contributed by atoms with E-state index in [1.165, 1.54) is 23.9 Å². The van der Waals surface area contributed by atoms with Crippen molar-refractivity contribution < 1.29 is 9.72 Å². The fourth-order valence-electron chi connectivity index (χ4n) is 1.86. The van der Waals surface area contributed by atoms with Gasteiger partial charge in [0.1, 0.15) is 0 Å². The van der Waals surface area contributed by atoms with Crippen LogP contribution in [0.5, 0.6) is 0 Å². The summed E-state index contributed by atoms with van der Waals surface area (Å²) in [6.45, 7) is 3.82. The maximum atomic E-state index is 12.3. The van der Waals surface area contributed by atoms with E-state index < -0.39 is 4.92 Å². The van der Waals surface area contributed by atoms with Crippen molar-refractivity contribution in [2.24, 2.45) is 0 Å². The average Bonchev–Trinajstić information content (AvgIpc) is 2.47. The Morgan fingerprint density at radius 3 is 2.19 bits per heavy atom. The van der Waals surface area contributed by atoms with E-state index in [1.54, 1.807) is 12.1 Å². The Morgan fingerprint density at radius 2 is 1.67 bits per heavy atom. The molecule has 2 rings (SSSR count). The zero-order valence-electron chi connectivity index (χ0n) is 11.8. The van der Waals surface area contributed by atoms with Crippen molar-refractivity contribution in [3.8, 4) is 0 Å². The van der Waals surface area contributed by atoms with Crippen LogP contribution >= 0.6 is 11.8 Å². The highest BCUT2D eigenvalue weighted by molar-refractivity contribution is 8.00. The molecule has 0 bridgehead atoms. The number of carbonyl (C=O) groups is 1. The minimum atomic E-state index is -0.435. The normalized spacial score (nSPS) is 11.9. The van der Waals surface area contributed by atoms with Gasteiger partial charge in [-0.15, -0.1) is 11.8 Å². The molecule has 0 aromatic heterocycles. The summed E-state index contributed by atoms with van der Waals surface area (Å²) in [6, 6.07) is 13.7. The maximum absolute atomic E-state index is 12.3. The first-order valence-electron chi connectivity index (χ1n) is 6.49. The molecule has 0 aliphatic heterocycles. The number of carbonyl (C=O) groups excluding carboxylic acids is 1. The number of nitro groups is 1. The number of hydrogen-bond donors (Lipinski definition) is 0. The summed E-state index contributed by atoms with van der Waals surface area (Å²) in [5.74, 6) is 0.0540. The first-order valence-corrected chi connectivity index (χ1v) is 7.37. The smallest absolute Gasteiger partial charge is 0.269 e. The monoisotopic (exact) mass is 301 g/mol. The zero-order valence-corrected chi connectivity index (χ0v) is 12.6. The van der Waals surface area contributed by atoms with Crippen LogP contribution in [-0.4, -0.2) is 16.0 Å². The topological polar surface area (TPSA) is 60.2 Å². The van der Waals surface area contributed by atoms with E-state index in [2.05, 4.69) is 0 Å². The highest BCUT2D eigenvalue weighted by Gasteiger charge is 2.16. The van der Waals surface area contributed by atoms with E-state index in [9.17, 15) is 14.9 Å². The summed E-state index contributed by atoms with van der Waals surface area (Å²) < 4.78 is 0. The third-order valence-corrected chi connectivity index (χ3v) is 4.18. The minimum absolute atomic E-state index is 0.0527. The van der Waals surface area contributed by atoms with Crippen LogP contribution in [0.3, 0.4) is 0 Å². The molecular weight excluding hydrogens is 286 g/mol. The SMILES string of the molecule is Cc1ccc(C(=O)C(C)Sc2ccc([N+](=O)[O-])cc2)cc1. The molecule has 0 fully saturated rings. The predicted molar refractivity (Wildman–Crippen MR) is 83.9 cm³/mol. The second kappa shape index (κ2) is 6.54. The number of benzene rings is 2. The molecule has 2 aromatic rings. The molecular formula is C16H15NO3S. The molecule has 1 unspecified atom stereocenters. The van der Waals surface area contributed by atoms with Crippen LogP contribution in [0.4, 0.5) is 5.69 Å². The van der Waals surface area contributed by atoms with E-state index in [1.807, 2.05) is 38.1 Å². The Kier molecular flexibility index (Phi) is 4.75. The summed E-state index contributed by atoms with van der Waals surface area (Å²) in [5, 5.41) is 10.4. The summed E-state index contributed by atoms with van der Waals surface area (Å²) >= 11 is 1.40. The van der Waals surface area contributed by atoms with Crippen LogP contribution in [0.2, 0.25) is 0 Å². The molecule has 0 aliphatic carbocycles. The number of hydrogen-bond acceptors (Lipinski definition) is 4. The molecule has 21 heavy (non-hydrogen) atoms. The molecule has 0 N–H and O–H groups in total. The van der Waals surface area contributed by atoms with E-state index >= 15 is 0 Å². The molecule has 0 spiro atoms. The van der Waals surface area contributed by atoms with Gasteiger partial charge in [0.2, 0.25) is 0 Å². The number of nitro benzene ring substituents is 1. The van der Waals surface area contributed by atoms with Gasteiger partial charge in [0.05, 0.1) is 10.2 Å². The second-order valence-electron chi connectivity index (χ2n) is 4.74. The number of thioether (sulfide) groups is 1. The fraction of sp³-hybridized carbons (Fsp3) is 0.188. The highest BCUT2D eigenvalue weighted by atomic mass is 32.2. The molecule has 5 heteroatoms. The molecule has 0 heterocycles. The molecule has 1 atom stereocenters. The molecule has 0 radical (unpaired) electrons. The third kappa shape index (κ3) is 3.92. The maximum Gasteiger partial charge on any atom is 0.269 e. The number of rotatable bonds is 5. The van der Waals surface area contributed by atoms with Crippen molar-refractivity contribution >= 4 is 23.2 Å². The quantitative estimate of drug-likeness (QED) is 0.358. The summed E-state index contributed by atoms with van der Waals surface area (Å²) in [7, 11) is 0. The first kappa shape index (κ1) is 15.3. The van der Waals surface area contributed by atoms with Crippen LogP contribution in [0.25, 0.3) is 0 Å². The Morgan fingerprint density at radius 1 is 1.10 bits per heavy atom. The van der Waals surface area contributed by atoms with Gasteiger partial charge in [-0.2, -0.15) is 0 Å². The molecule has 108 valence electrons. The van der Waals surface area contributed by atoms with Crippen molar-refractivity contribution in [3.05, 3.63) is 69.8 Å². The average molecular weight is 301 g/mol. The Labute approximate surface area is 127 Å². The molecule has 4 nitrogen and oxygen atoms in total. The lowest BCUT2D eigenvalue weighted by atomic mass is 10.1. The van der Waals surface area contributed by atoms with Gasteiger partial charge in [-0.05, 0) is 26.0 Å². The molecule has 0 aliphatic rings. The van der Waals surface area contributed by atoms with Gasteiger partial charge in [0, 0.05) is 22.6 Å². The summed E-state index contributed by atoms with van der Waals surface area (Å²) in [5.41, 5.74) is 1.85. The molecule has 2 aromatic carbocycles. The molecule has 0 saturated heterocycles. The number of nitrogens with zero attached hydrogens (tertiary/aromatic N) is 1.